The van der Waals surface area contributed by atoms with Crippen molar-refractivity contribution in [1.82, 2.24) is 0 Å². The van der Waals surface area contributed by atoms with Crippen molar-refractivity contribution in [2.24, 2.45) is 0 Å². The van der Waals surface area contributed by atoms with E-state index in [1.807, 2.05) is 0 Å². The van der Waals surface area contributed by atoms with E-state index in [0.717, 1.165) is 66.8 Å². The fourth-order valence-electron chi connectivity index (χ4n) is 7.86. The highest BCUT2D eigenvalue weighted by molar-refractivity contribution is 6.24. The Morgan fingerprint density at radius 3 is 1.43 bits per heavy atom. The summed E-state index contributed by atoms with van der Waals surface area (Å²) in [6, 6.07) is 75.7. The molecule has 0 spiro atoms. The molecule has 0 radical (unpaired) electrons. The molecule has 2 heteroatoms. The zero-order chi connectivity index (χ0) is 35.8. The van der Waals surface area contributed by atoms with Crippen molar-refractivity contribution in [3.05, 3.63) is 212 Å². The number of para-hydroxylation sites is 1. The van der Waals surface area contributed by atoms with Crippen molar-refractivity contribution < 1.29 is 4.42 Å². The van der Waals surface area contributed by atoms with Crippen LogP contribution in [0, 0.1) is 0 Å². The molecule has 0 N–H and O–H groups in total. The third kappa shape index (κ3) is 5.62. The lowest BCUT2D eigenvalue weighted by Crippen LogP contribution is -2.10. The van der Waals surface area contributed by atoms with Crippen LogP contribution in [-0.4, -0.2) is 0 Å². The first-order valence-corrected chi connectivity index (χ1v) is 18.4. The van der Waals surface area contributed by atoms with Crippen LogP contribution in [0.3, 0.4) is 0 Å². The predicted molar refractivity (Wildman–Crippen MR) is 228 cm³/mol. The molecule has 0 unspecified atom stereocenters. The van der Waals surface area contributed by atoms with Crippen LogP contribution in [-0.2, 0) is 0 Å². The number of hydrogen-bond donors (Lipinski definition) is 0. The van der Waals surface area contributed by atoms with E-state index in [-0.39, 0.29) is 0 Å². The lowest BCUT2D eigenvalue weighted by molar-refractivity contribution is 0.670. The summed E-state index contributed by atoms with van der Waals surface area (Å²) < 4.78 is 7.15. The van der Waals surface area contributed by atoms with Gasteiger partial charge in [0, 0.05) is 27.7 Å². The van der Waals surface area contributed by atoms with Gasteiger partial charge in [-0.1, -0.05) is 170 Å². The minimum atomic E-state index is 0.850. The number of hydrogen-bond acceptors (Lipinski definition) is 2. The summed E-state index contributed by atoms with van der Waals surface area (Å²) >= 11 is 0. The van der Waals surface area contributed by atoms with Gasteiger partial charge in [-0.3, -0.25) is 0 Å². The quantitative estimate of drug-likeness (QED) is 0.166. The summed E-state index contributed by atoms with van der Waals surface area (Å²) in [7, 11) is 0. The van der Waals surface area contributed by atoms with Crippen LogP contribution in [0.2, 0.25) is 0 Å². The van der Waals surface area contributed by atoms with Crippen molar-refractivity contribution in [1.29, 1.82) is 0 Å². The molecule has 0 saturated heterocycles. The smallest absolute Gasteiger partial charge is 0.159 e. The van der Waals surface area contributed by atoms with Gasteiger partial charge in [0.15, 0.2) is 5.58 Å². The maximum atomic E-state index is 7.15. The zero-order valence-electron chi connectivity index (χ0n) is 29.6. The van der Waals surface area contributed by atoms with E-state index in [2.05, 4.69) is 217 Å². The summed E-state index contributed by atoms with van der Waals surface area (Å²) in [4.78, 5) is 2.35. The van der Waals surface area contributed by atoms with Gasteiger partial charge in [-0.05, 0) is 92.2 Å². The molecule has 54 heavy (non-hydrogen) atoms. The van der Waals surface area contributed by atoms with Crippen molar-refractivity contribution in [2.75, 3.05) is 4.90 Å². The summed E-state index contributed by atoms with van der Waals surface area (Å²) in [5.74, 6) is 0. The maximum absolute atomic E-state index is 7.15. The molecule has 0 aliphatic heterocycles. The highest BCUT2D eigenvalue weighted by atomic mass is 16.3. The van der Waals surface area contributed by atoms with Gasteiger partial charge in [-0.25, -0.2) is 0 Å². The molecule has 10 rings (SSSR count). The second-order valence-electron chi connectivity index (χ2n) is 13.7. The van der Waals surface area contributed by atoms with E-state index in [4.69, 9.17) is 4.42 Å². The van der Waals surface area contributed by atoms with E-state index < -0.39 is 0 Å². The highest BCUT2D eigenvalue weighted by Gasteiger charge is 2.23. The van der Waals surface area contributed by atoms with Gasteiger partial charge in [-0.15, -0.1) is 0 Å². The van der Waals surface area contributed by atoms with Gasteiger partial charge < -0.3 is 9.32 Å². The van der Waals surface area contributed by atoms with Gasteiger partial charge in [0.2, 0.25) is 0 Å². The van der Waals surface area contributed by atoms with Gasteiger partial charge >= 0.3 is 0 Å². The second kappa shape index (κ2) is 13.4. The Morgan fingerprint density at radius 1 is 0.315 bits per heavy atom. The minimum absolute atomic E-state index is 0.850. The first-order chi connectivity index (χ1) is 26.8. The monoisotopic (exact) mass is 689 g/mol. The van der Waals surface area contributed by atoms with Gasteiger partial charge in [0.05, 0.1) is 5.69 Å². The van der Waals surface area contributed by atoms with Crippen molar-refractivity contribution in [3.63, 3.8) is 0 Å². The maximum Gasteiger partial charge on any atom is 0.159 e. The van der Waals surface area contributed by atoms with Crippen LogP contribution in [0.5, 0.6) is 0 Å². The van der Waals surface area contributed by atoms with Crippen molar-refractivity contribution in [2.45, 2.75) is 0 Å². The molecule has 9 aromatic carbocycles. The number of rotatable bonds is 7. The Bertz CT molecular complexity index is 2930. The molecule has 0 bridgehead atoms. The second-order valence-corrected chi connectivity index (χ2v) is 13.7. The first kappa shape index (κ1) is 31.6. The van der Waals surface area contributed by atoms with E-state index in [1.54, 1.807) is 0 Å². The lowest BCUT2D eigenvalue weighted by Gasteiger charge is -2.26. The molecule has 254 valence electrons. The van der Waals surface area contributed by atoms with Crippen LogP contribution in [0.4, 0.5) is 17.1 Å². The Hall–Kier alpha value is -7.16. The largest absolute Gasteiger partial charge is 0.453 e. The Balaban J connectivity index is 1.21. The zero-order valence-corrected chi connectivity index (χ0v) is 29.6. The summed E-state index contributed by atoms with van der Waals surface area (Å²) in [6.45, 7) is 0. The molecule has 0 aliphatic carbocycles. The van der Waals surface area contributed by atoms with Crippen LogP contribution in [0.1, 0.15) is 0 Å². The minimum Gasteiger partial charge on any atom is -0.453 e. The van der Waals surface area contributed by atoms with Crippen LogP contribution in [0.15, 0.2) is 217 Å². The fraction of sp³-hybridized carbons (Fsp3) is 0. The third-order valence-electron chi connectivity index (χ3n) is 10.4. The van der Waals surface area contributed by atoms with Crippen LogP contribution in [0.25, 0.3) is 77.2 Å². The molecule has 0 amide bonds. The van der Waals surface area contributed by atoms with E-state index in [0.29, 0.717) is 0 Å². The highest BCUT2D eigenvalue weighted by Crippen LogP contribution is 2.47. The molecule has 10 aromatic rings. The molecule has 0 fully saturated rings. The molecule has 0 saturated carbocycles. The number of benzene rings is 9. The molecule has 0 atom stereocenters. The lowest BCUT2D eigenvalue weighted by atomic mass is 9.96. The SMILES string of the molecule is c1ccc(-c2cccc(-c3cccc(N(c4cccc(-c5ccccc5)c4)c4cccc5c4oc4c(-c6ccccc6)cc6ccccc6c45)c3)c2)cc1. The Morgan fingerprint density at radius 2 is 0.778 bits per heavy atom. The molecular weight excluding hydrogens is 655 g/mol. The third-order valence-corrected chi connectivity index (χ3v) is 10.4. The number of anilines is 3. The molecular formula is C52H35NO. The van der Waals surface area contributed by atoms with E-state index in [9.17, 15) is 0 Å². The summed E-state index contributed by atoms with van der Waals surface area (Å²) in [5, 5.41) is 4.59. The van der Waals surface area contributed by atoms with E-state index >= 15 is 0 Å². The fourth-order valence-corrected chi connectivity index (χ4v) is 7.86. The van der Waals surface area contributed by atoms with Crippen LogP contribution >= 0.6 is 0 Å². The molecule has 1 aromatic heterocycles. The van der Waals surface area contributed by atoms with Gasteiger partial charge in [0.25, 0.3) is 0 Å². The summed E-state index contributed by atoms with van der Waals surface area (Å²) in [6.07, 6.45) is 0. The Kier molecular flexibility index (Phi) is 7.85. The van der Waals surface area contributed by atoms with Crippen molar-refractivity contribution in [3.8, 4) is 44.5 Å². The van der Waals surface area contributed by atoms with E-state index in [1.165, 1.54) is 27.5 Å². The number of nitrogens with zero attached hydrogens (tertiary/aromatic N) is 1. The average molecular weight is 690 g/mol. The predicted octanol–water partition coefficient (Wildman–Crippen LogP) is 14.9. The van der Waals surface area contributed by atoms with Crippen LogP contribution < -0.4 is 4.90 Å². The number of furan rings is 1. The normalized spacial score (nSPS) is 11.3. The van der Waals surface area contributed by atoms with Gasteiger partial charge in [-0.2, -0.15) is 0 Å². The Labute approximate surface area is 314 Å². The van der Waals surface area contributed by atoms with Gasteiger partial charge in [0.1, 0.15) is 5.58 Å². The topological polar surface area (TPSA) is 16.4 Å². The molecule has 2 nitrogen and oxygen atoms in total. The summed E-state index contributed by atoms with van der Waals surface area (Å²) in [5.41, 5.74) is 14.1. The molecule has 1 heterocycles. The average Bonchev–Trinajstić information content (AvgIpc) is 3.66. The van der Waals surface area contributed by atoms with Crippen molar-refractivity contribution >= 4 is 49.8 Å². The first-order valence-electron chi connectivity index (χ1n) is 18.4. The molecule has 0 aliphatic rings. The number of fused-ring (bicyclic) bond motifs is 5. The standard InChI is InChI=1S/C52H35NO/c1-4-16-36(17-5-1)39-23-12-24-40(32-39)42-26-14-28-45(34-42)53(44-27-13-25-41(33-44)37-18-6-2-7-19-37)49-31-15-30-47-50-46-29-11-10-22-43(46)35-48(52(50)54-51(47)49)38-20-8-3-9-21-38/h1-35H.